The number of ether oxygens (including phenoxy) is 3. The lowest BCUT2D eigenvalue weighted by atomic mass is 10.0. The van der Waals surface area contributed by atoms with Crippen molar-refractivity contribution in [2.24, 2.45) is 0 Å². The number of methoxy groups -OCH3 is 1. The second-order valence-electron chi connectivity index (χ2n) is 10.5. The van der Waals surface area contributed by atoms with Crippen molar-refractivity contribution in [1.29, 1.82) is 0 Å². The van der Waals surface area contributed by atoms with Crippen molar-refractivity contribution < 1.29 is 28.6 Å². The van der Waals surface area contributed by atoms with E-state index in [2.05, 4.69) is 39.4 Å². The van der Waals surface area contributed by atoms with Crippen LogP contribution < -0.4 is 10.1 Å². The Morgan fingerprint density at radius 1 is 0.900 bits per heavy atom. The second-order valence-corrected chi connectivity index (χ2v) is 10.5. The third-order valence-electron chi connectivity index (χ3n) is 7.81. The fourth-order valence-corrected chi connectivity index (χ4v) is 5.46. The Labute approximate surface area is 235 Å². The van der Waals surface area contributed by atoms with E-state index in [-0.39, 0.29) is 18.2 Å². The van der Waals surface area contributed by atoms with E-state index in [0.29, 0.717) is 44.1 Å². The number of hydrogen-bond acceptors (Lipinski definition) is 8. The summed E-state index contributed by atoms with van der Waals surface area (Å²) in [5, 5.41) is 2.34. The van der Waals surface area contributed by atoms with E-state index in [0.717, 1.165) is 57.0 Å². The molecule has 3 aliphatic heterocycles. The Hall–Kier alpha value is -3.31. The number of piperidine rings is 1. The Morgan fingerprint density at radius 2 is 1.65 bits per heavy atom. The molecule has 0 radical (unpaired) electrons. The molecule has 10 heteroatoms. The minimum atomic E-state index is -0.638. The number of rotatable bonds is 12. The van der Waals surface area contributed by atoms with E-state index in [9.17, 15) is 14.4 Å². The van der Waals surface area contributed by atoms with Gasteiger partial charge in [0.2, 0.25) is 11.8 Å². The highest BCUT2D eigenvalue weighted by Crippen LogP contribution is 2.34. The average molecular weight is 551 g/mol. The molecular formula is C30H38N4O6. The molecule has 3 amide bonds. The van der Waals surface area contributed by atoms with Crippen LogP contribution in [0.15, 0.2) is 42.5 Å². The lowest BCUT2D eigenvalue weighted by Crippen LogP contribution is -2.52. The molecule has 2 aromatic rings. The number of carbonyl (C=O) groups is 3. The normalized spacial score (nSPS) is 20.1. The second kappa shape index (κ2) is 13.4. The summed E-state index contributed by atoms with van der Waals surface area (Å²) < 4.78 is 16.8. The first-order valence-electron chi connectivity index (χ1n) is 14.0. The van der Waals surface area contributed by atoms with Gasteiger partial charge in [-0.25, -0.2) is 0 Å². The molecule has 2 saturated heterocycles. The fourth-order valence-electron chi connectivity index (χ4n) is 5.46. The molecule has 0 aromatic heterocycles. The van der Waals surface area contributed by atoms with Gasteiger partial charge in [0.15, 0.2) is 0 Å². The van der Waals surface area contributed by atoms with Crippen LogP contribution in [0.4, 0.5) is 0 Å². The predicted octanol–water partition coefficient (Wildman–Crippen LogP) is 1.81. The molecule has 3 aliphatic rings. The molecule has 1 unspecified atom stereocenters. The number of fused-ring (bicyclic) bond motifs is 1. The van der Waals surface area contributed by atoms with E-state index in [1.807, 2.05) is 6.07 Å². The van der Waals surface area contributed by atoms with Crippen molar-refractivity contribution in [2.75, 3.05) is 59.7 Å². The topological polar surface area (TPSA) is 101 Å². The zero-order chi connectivity index (χ0) is 27.9. The third kappa shape index (κ3) is 6.87. The van der Waals surface area contributed by atoms with Gasteiger partial charge in [-0.2, -0.15) is 0 Å². The van der Waals surface area contributed by atoms with Gasteiger partial charge in [-0.1, -0.05) is 30.3 Å². The van der Waals surface area contributed by atoms with Crippen LogP contribution in [-0.2, 0) is 38.8 Å². The van der Waals surface area contributed by atoms with Crippen LogP contribution in [0.3, 0.4) is 0 Å². The Kier molecular flexibility index (Phi) is 9.43. The number of amides is 3. The van der Waals surface area contributed by atoms with Crippen LogP contribution in [0, 0.1) is 0 Å². The van der Waals surface area contributed by atoms with Crippen molar-refractivity contribution in [3.05, 3.63) is 64.7 Å². The van der Waals surface area contributed by atoms with Crippen LogP contribution in [0.25, 0.3) is 0 Å². The quantitative estimate of drug-likeness (QED) is 0.316. The van der Waals surface area contributed by atoms with E-state index >= 15 is 0 Å². The van der Waals surface area contributed by atoms with Gasteiger partial charge in [-0.15, -0.1) is 0 Å². The van der Waals surface area contributed by atoms with Gasteiger partial charge in [0.25, 0.3) is 5.91 Å². The van der Waals surface area contributed by atoms with Crippen molar-refractivity contribution in [3.8, 4) is 5.75 Å². The molecule has 0 saturated carbocycles. The molecular weight excluding hydrogens is 512 g/mol. The van der Waals surface area contributed by atoms with Gasteiger partial charge in [0.05, 0.1) is 26.4 Å². The summed E-state index contributed by atoms with van der Waals surface area (Å²) in [4.78, 5) is 43.4. The minimum absolute atomic E-state index is 0.199. The first kappa shape index (κ1) is 28.2. The molecule has 1 N–H and O–H groups in total. The van der Waals surface area contributed by atoms with E-state index in [1.165, 1.54) is 5.56 Å². The molecule has 0 spiro atoms. The lowest BCUT2D eigenvalue weighted by molar-refractivity contribution is -0.136. The zero-order valence-corrected chi connectivity index (χ0v) is 23.1. The molecule has 214 valence electrons. The summed E-state index contributed by atoms with van der Waals surface area (Å²) in [5.74, 6) is -0.258. The first-order chi connectivity index (χ1) is 19.5. The molecule has 40 heavy (non-hydrogen) atoms. The first-order valence-corrected chi connectivity index (χ1v) is 14.0. The number of nitrogens with one attached hydrogen (secondary N) is 1. The molecule has 5 rings (SSSR count). The summed E-state index contributed by atoms with van der Waals surface area (Å²) in [6.45, 7) is 8.75. The van der Waals surface area contributed by atoms with Crippen molar-refractivity contribution >= 4 is 17.7 Å². The van der Waals surface area contributed by atoms with E-state index in [4.69, 9.17) is 14.2 Å². The summed E-state index contributed by atoms with van der Waals surface area (Å²) in [7, 11) is 1.69. The lowest BCUT2D eigenvalue weighted by Gasteiger charge is -2.34. The third-order valence-corrected chi connectivity index (χ3v) is 7.81. The Balaban J connectivity index is 1.09. The molecule has 3 heterocycles. The van der Waals surface area contributed by atoms with Gasteiger partial charge in [-0.3, -0.25) is 29.5 Å². The molecule has 1 atom stereocenters. The van der Waals surface area contributed by atoms with Crippen LogP contribution >= 0.6 is 0 Å². The minimum Gasteiger partial charge on any atom is -0.489 e. The highest BCUT2D eigenvalue weighted by Gasteiger charge is 2.40. The number of benzene rings is 2. The average Bonchev–Trinajstić information content (AvgIpc) is 3.30. The standard InChI is InChI=1S/C30H38N4O6/c1-38-17-18-39-16-15-32-11-13-33(14-12-32)19-22-5-7-23(8-6-22)21-40-27-4-2-3-24-25(27)20-34(30(24)37)26-9-10-28(35)31-29(26)36/h2-8,26H,9-21H2,1H3,(H,31,35,36). The molecule has 2 aromatic carbocycles. The SMILES string of the molecule is COCCOCCN1CCN(Cc2ccc(COc3cccc4c3CN(C3CCC(=O)NC3=O)C4=O)cc2)CC1. The molecule has 0 bridgehead atoms. The van der Waals surface area contributed by atoms with Crippen LogP contribution in [0.5, 0.6) is 5.75 Å². The summed E-state index contributed by atoms with van der Waals surface area (Å²) in [6.07, 6.45) is 0.574. The van der Waals surface area contributed by atoms with Gasteiger partial charge < -0.3 is 19.1 Å². The van der Waals surface area contributed by atoms with E-state index in [1.54, 1.807) is 24.1 Å². The van der Waals surface area contributed by atoms with Gasteiger partial charge in [0.1, 0.15) is 18.4 Å². The smallest absolute Gasteiger partial charge is 0.255 e. The van der Waals surface area contributed by atoms with Crippen molar-refractivity contribution in [1.82, 2.24) is 20.0 Å². The number of carbonyl (C=O) groups excluding carboxylic acids is 3. The van der Waals surface area contributed by atoms with Gasteiger partial charge in [-0.05, 0) is 29.7 Å². The number of piperazine rings is 1. The largest absolute Gasteiger partial charge is 0.489 e. The fraction of sp³-hybridized carbons (Fsp3) is 0.500. The maximum atomic E-state index is 13.0. The summed E-state index contributed by atoms with van der Waals surface area (Å²) >= 11 is 0. The van der Waals surface area contributed by atoms with E-state index < -0.39 is 11.9 Å². The zero-order valence-electron chi connectivity index (χ0n) is 23.1. The van der Waals surface area contributed by atoms with Gasteiger partial charge >= 0.3 is 0 Å². The maximum Gasteiger partial charge on any atom is 0.255 e. The van der Waals surface area contributed by atoms with Crippen LogP contribution in [0.1, 0.15) is 39.9 Å². The number of nitrogens with zero attached hydrogens (tertiary/aromatic N) is 3. The summed E-state index contributed by atoms with van der Waals surface area (Å²) in [5.41, 5.74) is 3.66. The number of imide groups is 1. The predicted molar refractivity (Wildman–Crippen MR) is 148 cm³/mol. The van der Waals surface area contributed by atoms with Crippen LogP contribution in [0.2, 0.25) is 0 Å². The van der Waals surface area contributed by atoms with Crippen LogP contribution in [-0.4, -0.2) is 98.1 Å². The highest BCUT2D eigenvalue weighted by atomic mass is 16.5. The van der Waals surface area contributed by atoms with Gasteiger partial charge in [0, 0.05) is 63.9 Å². The maximum absolute atomic E-state index is 13.0. The van der Waals surface area contributed by atoms with Crippen molar-refractivity contribution in [2.45, 2.75) is 38.6 Å². The monoisotopic (exact) mass is 550 g/mol. The molecule has 10 nitrogen and oxygen atoms in total. The number of hydrogen-bond donors (Lipinski definition) is 1. The molecule has 0 aliphatic carbocycles. The molecule has 2 fully saturated rings. The Morgan fingerprint density at radius 3 is 2.40 bits per heavy atom. The summed E-state index contributed by atoms with van der Waals surface area (Å²) in [6, 6.07) is 13.3. The Bertz CT molecular complexity index is 1200. The highest BCUT2D eigenvalue weighted by molar-refractivity contribution is 6.05. The van der Waals surface area contributed by atoms with Crippen molar-refractivity contribution in [3.63, 3.8) is 0 Å².